The molecule has 0 unspecified atom stereocenters. The molecule has 1 saturated carbocycles. The summed E-state index contributed by atoms with van der Waals surface area (Å²) in [6.45, 7) is 0.989. The van der Waals surface area contributed by atoms with Crippen molar-refractivity contribution in [1.29, 1.82) is 5.26 Å². The number of rotatable bonds is 6. The van der Waals surface area contributed by atoms with Gasteiger partial charge in [-0.3, -0.25) is 9.59 Å². The lowest BCUT2D eigenvalue weighted by molar-refractivity contribution is -0.137. The Morgan fingerprint density at radius 1 is 1.32 bits per heavy atom. The van der Waals surface area contributed by atoms with Crippen molar-refractivity contribution in [2.45, 2.75) is 43.6 Å². The lowest BCUT2D eigenvalue weighted by atomic mass is 9.59. The Bertz CT molecular complexity index is 686. The van der Waals surface area contributed by atoms with Crippen molar-refractivity contribution >= 4 is 11.7 Å². The fourth-order valence-electron chi connectivity index (χ4n) is 3.61. The summed E-state index contributed by atoms with van der Waals surface area (Å²) < 4.78 is 18.6. The number of hydrogen-bond acceptors (Lipinski definition) is 4. The summed E-state index contributed by atoms with van der Waals surface area (Å²) in [5, 5.41) is 12.1. The number of nitrogens with one attached hydrogen (secondary N) is 1. The molecule has 5 nitrogen and oxygen atoms in total. The Balaban J connectivity index is 1.72. The molecule has 1 heterocycles. The van der Waals surface area contributed by atoms with Gasteiger partial charge in [-0.2, -0.15) is 5.26 Å². The van der Waals surface area contributed by atoms with E-state index in [-0.39, 0.29) is 11.9 Å². The van der Waals surface area contributed by atoms with Gasteiger partial charge in [-0.05, 0) is 43.4 Å². The van der Waals surface area contributed by atoms with Gasteiger partial charge in [-0.1, -0.05) is 18.6 Å². The van der Waals surface area contributed by atoms with Crippen LogP contribution < -0.4 is 5.32 Å². The molecule has 1 amide bonds. The zero-order valence-electron chi connectivity index (χ0n) is 14.0. The van der Waals surface area contributed by atoms with Crippen LogP contribution in [0.2, 0.25) is 0 Å². The molecule has 1 aromatic rings. The van der Waals surface area contributed by atoms with Crippen LogP contribution in [0.1, 0.15) is 37.7 Å². The first-order valence-electron chi connectivity index (χ1n) is 8.66. The Hall–Kier alpha value is -2.26. The third kappa shape index (κ3) is 3.42. The van der Waals surface area contributed by atoms with E-state index >= 15 is 0 Å². The molecule has 1 saturated heterocycles. The SMILES string of the molecule is N#C[C@@H](C(=O)NC[C@@H]1CCCO1)C(=O)C1(c2ccc(F)cc2)CCC1. The largest absolute Gasteiger partial charge is 0.376 e. The van der Waals surface area contributed by atoms with Gasteiger partial charge in [0.05, 0.1) is 17.6 Å². The number of nitriles is 1. The van der Waals surface area contributed by atoms with E-state index in [0.29, 0.717) is 31.6 Å². The first-order chi connectivity index (χ1) is 12.1. The number of ether oxygens (including phenoxy) is 1. The van der Waals surface area contributed by atoms with E-state index in [0.717, 1.165) is 19.3 Å². The predicted octanol–water partition coefficient (Wildman–Crippen LogP) is 2.25. The first-order valence-corrected chi connectivity index (χ1v) is 8.66. The average Bonchev–Trinajstić information content (AvgIpc) is 3.08. The Morgan fingerprint density at radius 3 is 2.56 bits per heavy atom. The van der Waals surface area contributed by atoms with Crippen LogP contribution in [0.4, 0.5) is 4.39 Å². The lowest BCUT2D eigenvalue weighted by Crippen LogP contribution is -2.50. The van der Waals surface area contributed by atoms with Crippen molar-refractivity contribution in [2.24, 2.45) is 5.92 Å². The van der Waals surface area contributed by atoms with Gasteiger partial charge in [0.2, 0.25) is 5.91 Å². The fourth-order valence-corrected chi connectivity index (χ4v) is 3.61. The summed E-state index contributed by atoms with van der Waals surface area (Å²) in [6, 6.07) is 7.62. The standard InChI is InChI=1S/C19H21FN2O3/c20-14-6-4-13(5-7-14)19(8-2-9-19)17(23)16(11-21)18(24)22-12-15-3-1-10-25-15/h4-7,15-16H,1-3,8-10,12H2,(H,22,24)/t15-,16+/m0/s1. The number of halogens is 1. The summed E-state index contributed by atoms with van der Waals surface area (Å²) in [5.74, 6) is -2.70. The van der Waals surface area contributed by atoms with Crippen molar-refractivity contribution in [3.63, 3.8) is 0 Å². The highest BCUT2D eigenvalue weighted by molar-refractivity contribution is 6.09. The highest BCUT2D eigenvalue weighted by atomic mass is 19.1. The second kappa shape index (κ2) is 7.32. The van der Waals surface area contributed by atoms with Crippen molar-refractivity contribution in [3.8, 4) is 6.07 Å². The van der Waals surface area contributed by atoms with Crippen LogP contribution in [0, 0.1) is 23.1 Å². The fraction of sp³-hybridized carbons (Fsp3) is 0.526. The van der Waals surface area contributed by atoms with Crippen molar-refractivity contribution in [1.82, 2.24) is 5.32 Å². The second-order valence-corrected chi connectivity index (χ2v) is 6.75. The average molecular weight is 344 g/mol. The molecule has 25 heavy (non-hydrogen) atoms. The number of benzene rings is 1. The zero-order valence-corrected chi connectivity index (χ0v) is 14.0. The minimum atomic E-state index is -1.35. The van der Waals surface area contributed by atoms with E-state index in [1.165, 1.54) is 12.1 Å². The molecule has 1 N–H and O–H groups in total. The van der Waals surface area contributed by atoms with Crippen LogP contribution in [-0.4, -0.2) is 30.9 Å². The minimum absolute atomic E-state index is 0.0480. The van der Waals surface area contributed by atoms with Crippen LogP contribution in [0.5, 0.6) is 0 Å². The van der Waals surface area contributed by atoms with E-state index in [9.17, 15) is 19.2 Å². The summed E-state index contributed by atoms with van der Waals surface area (Å²) in [4.78, 5) is 25.4. The maximum absolute atomic E-state index is 13.2. The maximum Gasteiger partial charge on any atom is 0.245 e. The molecular weight excluding hydrogens is 323 g/mol. The van der Waals surface area contributed by atoms with E-state index in [1.807, 2.05) is 6.07 Å². The third-order valence-electron chi connectivity index (χ3n) is 5.26. The van der Waals surface area contributed by atoms with Crippen molar-refractivity contribution < 1.29 is 18.7 Å². The molecule has 2 atom stereocenters. The van der Waals surface area contributed by atoms with Gasteiger partial charge in [0.1, 0.15) is 5.82 Å². The molecule has 0 bridgehead atoms. The van der Waals surface area contributed by atoms with Gasteiger partial charge in [0.15, 0.2) is 11.7 Å². The molecular formula is C19H21FN2O3. The monoisotopic (exact) mass is 344 g/mol. The molecule has 0 spiro atoms. The number of Topliss-reactive ketones (excluding diaryl/α,β-unsaturated/α-hetero) is 1. The van der Waals surface area contributed by atoms with Gasteiger partial charge < -0.3 is 10.1 Å². The molecule has 0 radical (unpaired) electrons. The predicted molar refractivity (Wildman–Crippen MR) is 88.0 cm³/mol. The van der Waals surface area contributed by atoms with E-state index in [4.69, 9.17) is 4.74 Å². The van der Waals surface area contributed by atoms with Crippen molar-refractivity contribution in [2.75, 3.05) is 13.2 Å². The van der Waals surface area contributed by atoms with Gasteiger partial charge in [0, 0.05) is 13.2 Å². The molecule has 1 aliphatic heterocycles. The first kappa shape index (κ1) is 17.6. The third-order valence-corrected chi connectivity index (χ3v) is 5.26. The summed E-state index contributed by atoms with van der Waals surface area (Å²) in [7, 11) is 0. The van der Waals surface area contributed by atoms with Crippen LogP contribution in [-0.2, 0) is 19.7 Å². The number of carbonyl (C=O) groups excluding carboxylic acids is 2. The quantitative estimate of drug-likeness (QED) is 0.803. The van der Waals surface area contributed by atoms with E-state index in [2.05, 4.69) is 5.32 Å². The van der Waals surface area contributed by atoms with Gasteiger partial charge >= 0.3 is 0 Å². The van der Waals surface area contributed by atoms with Crippen LogP contribution in [0.15, 0.2) is 24.3 Å². The Labute approximate surface area is 146 Å². The zero-order chi connectivity index (χ0) is 17.9. The minimum Gasteiger partial charge on any atom is -0.376 e. The van der Waals surface area contributed by atoms with E-state index < -0.39 is 23.0 Å². The molecule has 0 aromatic heterocycles. The molecule has 3 rings (SSSR count). The van der Waals surface area contributed by atoms with Crippen molar-refractivity contribution in [3.05, 3.63) is 35.6 Å². The van der Waals surface area contributed by atoms with E-state index in [1.54, 1.807) is 12.1 Å². The number of ketones is 1. The summed E-state index contributed by atoms with van der Waals surface area (Å²) in [6.07, 6.45) is 3.77. The molecule has 132 valence electrons. The summed E-state index contributed by atoms with van der Waals surface area (Å²) in [5.41, 5.74) is -0.174. The normalized spacial score (nSPS) is 22.5. The number of nitrogens with zero attached hydrogens (tertiary/aromatic N) is 1. The molecule has 1 aliphatic carbocycles. The Morgan fingerprint density at radius 2 is 2.04 bits per heavy atom. The van der Waals surface area contributed by atoms with Crippen LogP contribution in [0.3, 0.4) is 0 Å². The second-order valence-electron chi connectivity index (χ2n) is 6.75. The molecule has 6 heteroatoms. The highest BCUT2D eigenvalue weighted by Gasteiger charge is 2.49. The number of hydrogen-bond donors (Lipinski definition) is 1. The van der Waals surface area contributed by atoms with Gasteiger partial charge in [-0.25, -0.2) is 4.39 Å². The number of carbonyl (C=O) groups is 2. The Kier molecular flexibility index (Phi) is 5.14. The van der Waals surface area contributed by atoms with Crippen LogP contribution >= 0.6 is 0 Å². The lowest BCUT2D eigenvalue weighted by Gasteiger charge is -2.41. The van der Waals surface area contributed by atoms with Gasteiger partial charge in [-0.15, -0.1) is 0 Å². The highest BCUT2D eigenvalue weighted by Crippen LogP contribution is 2.46. The molecule has 2 aliphatic rings. The molecule has 1 aromatic carbocycles. The number of amides is 1. The topological polar surface area (TPSA) is 79.2 Å². The maximum atomic E-state index is 13.2. The smallest absolute Gasteiger partial charge is 0.245 e. The van der Waals surface area contributed by atoms with Crippen LogP contribution in [0.25, 0.3) is 0 Å². The molecule has 2 fully saturated rings. The van der Waals surface area contributed by atoms with Gasteiger partial charge in [0.25, 0.3) is 0 Å². The summed E-state index contributed by atoms with van der Waals surface area (Å²) >= 11 is 0.